The molecule has 0 fully saturated rings. The van der Waals surface area contributed by atoms with Crippen molar-refractivity contribution in [1.29, 1.82) is 0 Å². The molecular formula is C11H13Cl2N3O3. The Morgan fingerprint density at radius 2 is 2.05 bits per heavy atom. The summed E-state index contributed by atoms with van der Waals surface area (Å²) in [5.74, 6) is -0.373. The van der Waals surface area contributed by atoms with E-state index in [1.807, 2.05) is 13.8 Å². The zero-order valence-electron chi connectivity index (χ0n) is 10.5. The van der Waals surface area contributed by atoms with Crippen LogP contribution in [0.15, 0.2) is 12.3 Å². The zero-order valence-corrected chi connectivity index (χ0v) is 12.0. The number of carbonyl (C=O) groups is 1. The Bertz CT molecular complexity index is 490. The molecule has 1 amide bonds. The molecule has 0 unspecified atom stereocenters. The van der Waals surface area contributed by atoms with E-state index in [0.29, 0.717) is 13.1 Å². The maximum atomic E-state index is 12.3. The summed E-state index contributed by atoms with van der Waals surface area (Å²) >= 11 is 11.5. The van der Waals surface area contributed by atoms with Gasteiger partial charge in [0.15, 0.2) is 0 Å². The van der Waals surface area contributed by atoms with Gasteiger partial charge in [-0.1, -0.05) is 23.2 Å². The highest BCUT2D eigenvalue weighted by molar-refractivity contribution is 6.44. The van der Waals surface area contributed by atoms with Crippen LogP contribution in [-0.2, 0) is 0 Å². The fraction of sp³-hybridized carbons (Fsp3) is 0.455. The van der Waals surface area contributed by atoms with Crippen LogP contribution in [0.1, 0.15) is 34.7 Å². The topological polar surface area (TPSA) is 76.3 Å². The van der Waals surface area contributed by atoms with E-state index in [1.54, 1.807) is 0 Å². The van der Waals surface area contributed by atoms with Crippen molar-refractivity contribution in [3.63, 3.8) is 0 Å². The number of halogens is 2. The monoisotopic (exact) mass is 305 g/mol. The SMILES string of the molecule is CCN(CC)C(=O)c1cc([N+](=O)[O-])cnc1C(Cl)Cl. The second-order valence-electron chi connectivity index (χ2n) is 3.66. The van der Waals surface area contributed by atoms with E-state index in [1.165, 1.54) is 4.90 Å². The van der Waals surface area contributed by atoms with Crippen LogP contribution >= 0.6 is 23.2 Å². The van der Waals surface area contributed by atoms with Gasteiger partial charge in [-0.2, -0.15) is 0 Å². The van der Waals surface area contributed by atoms with E-state index in [2.05, 4.69) is 4.98 Å². The summed E-state index contributed by atoms with van der Waals surface area (Å²) in [5.41, 5.74) is -0.0769. The third-order valence-electron chi connectivity index (χ3n) is 2.60. The first kappa shape index (κ1) is 15.7. The fourth-order valence-corrected chi connectivity index (χ4v) is 1.94. The molecular weight excluding hydrogens is 293 g/mol. The Morgan fingerprint density at radius 3 is 2.47 bits per heavy atom. The highest BCUT2D eigenvalue weighted by Crippen LogP contribution is 2.28. The molecule has 0 aliphatic carbocycles. The van der Waals surface area contributed by atoms with Crippen LogP contribution in [-0.4, -0.2) is 33.8 Å². The quantitative estimate of drug-likeness (QED) is 0.476. The number of nitrogens with zero attached hydrogens (tertiary/aromatic N) is 3. The van der Waals surface area contributed by atoms with Gasteiger partial charge in [0.1, 0.15) is 11.0 Å². The standard InChI is InChI=1S/C11H13Cl2N3O3/c1-3-15(4-2)11(17)8-5-7(16(18)19)6-14-9(8)10(12)13/h5-6,10H,3-4H2,1-2H3. The molecule has 0 N–H and O–H groups in total. The molecule has 0 bridgehead atoms. The maximum absolute atomic E-state index is 12.3. The second kappa shape index (κ2) is 6.68. The molecule has 1 heterocycles. The van der Waals surface area contributed by atoms with Crippen molar-refractivity contribution in [2.45, 2.75) is 18.7 Å². The largest absolute Gasteiger partial charge is 0.339 e. The van der Waals surface area contributed by atoms with Crippen LogP contribution in [0.2, 0.25) is 0 Å². The molecule has 0 aromatic carbocycles. The van der Waals surface area contributed by atoms with Crippen molar-refractivity contribution in [2.24, 2.45) is 0 Å². The van der Waals surface area contributed by atoms with Crippen LogP contribution < -0.4 is 0 Å². The number of pyridine rings is 1. The molecule has 0 saturated carbocycles. The van der Waals surface area contributed by atoms with E-state index in [4.69, 9.17) is 23.2 Å². The zero-order chi connectivity index (χ0) is 14.6. The molecule has 0 spiro atoms. The minimum atomic E-state index is -1.02. The first-order valence-corrected chi connectivity index (χ1v) is 6.51. The normalized spacial score (nSPS) is 10.6. The highest BCUT2D eigenvalue weighted by atomic mass is 35.5. The number of alkyl halides is 2. The van der Waals surface area contributed by atoms with Crippen molar-refractivity contribution in [2.75, 3.05) is 13.1 Å². The number of carbonyl (C=O) groups excluding carboxylic acids is 1. The van der Waals surface area contributed by atoms with Crippen molar-refractivity contribution in [3.05, 3.63) is 33.6 Å². The molecule has 6 nitrogen and oxygen atoms in total. The second-order valence-corrected chi connectivity index (χ2v) is 4.76. The number of hydrogen-bond acceptors (Lipinski definition) is 4. The van der Waals surface area contributed by atoms with Crippen molar-refractivity contribution in [3.8, 4) is 0 Å². The molecule has 19 heavy (non-hydrogen) atoms. The van der Waals surface area contributed by atoms with Crippen LogP contribution in [0, 0.1) is 10.1 Å². The Morgan fingerprint density at radius 1 is 1.47 bits per heavy atom. The van der Waals surface area contributed by atoms with Gasteiger partial charge in [0.2, 0.25) is 0 Å². The van der Waals surface area contributed by atoms with Gasteiger partial charge in [-0.3, -0.25) is 19.9 Å². The van der Waals surface area contributed by atoms with Crippen LogP contribution in [0.4, 0.5) is 5.69 Å². The third kappa shape index (κ3) is 3.54. The van der Waals surface area contributed by atoms with Gasteiger partial charge in [-0.25, -0.2) is 0 Å². The minimum Gasteiger partial charge on any atom is -0.339 e. The summed E-state index contributed by atoms with van der Waals surface area (Å²) < 4.78 is 0. The van der Waals surface area contributed by atoms with E-state index < -0.39 is 9.76 Å². The Kier molecular flexibility index (Phi) is 5.50. The molecule has 0 radical (unpaired) electrons. The van der Waals surface area contributed by atoms with Gasteiger partial charge < -0.3 is 4.90 Å². The number of hydrogen-bond donors (Lipinski definition) is 0. The lowest BCUT2D eigenvalue weighted by atomic mass is 10.1. The summed E-state index contributed by atoms with van der Waals surface area (Å²) in [4.78, 5) is 26.7. The number of nitro groups is 1. The summed E-state index contributed by atoms with van der Waals surface area (Å²) in [7, 11) is 0. The molecule has 1 rings (SSSR count). The van der Waals surface area contributed by atoms with E-state index >= 15 is 0 Å². The molecule has 1 aromatic rings. The fourth-order valence-electron chi connectivity index (χ4n) is 1.59. The van der Waals surface area contributed by atoms with E-state index in [0.717, 1.165) is 12.3 Å². The van der Waals surface area contributed by atoms with Crippen molar-refractivity contribution >= 4 is 34.8 Å². The highest BCUT2D eigenvalue weighted by Gasteiger charge is 2.24. The van der Waals surface area contributed by atoms with Gasteiger partial charge in [-0.05, 0) is 13.8 Å². The lowest BCUT2D eigenvalue weighted by Gasteiger charge is -2.20. The molecule has 0 aliphatic rings. The lowest BCUT2D eigenvalue weighted by Crippen LogP contribution is -2.31. The first-order chi connectivity index (χ1) is 8.92. The van der Waals surface area contributed by atoms with E-state index in [-0.39, 0.29) is 22.9 Å². The predicted molar refractivity (Wildman–Crippen MR) is 72.6 cm³/mol. The molecule has 0 aliphatic heterocycles. The van der Waals surface area contributed by atoms with Crippen LogP contribution in [0.3, 0.4) is 0 Å². The number of rotatable bonds is 5. The molecule has 8 heteroatoms. The smallest absolute Gasteiger partial charge is 0.288 e. The Balaban J connectivity index is 3.32. The average Bonchev–Trinajstić information content (AvgIpc) is 2.39. The van der Waals surface area contributed by atoms with Crippen molar-refractivity contribution < 1.29 is 9.72 Å². The molecule has 0 saturated heterocycles. The van der Waals surface area contributed by atoms with Gasteiger partial charge in [-0.15, -0.1) is 0 Å². The van der Waals surface area contributed by atoms with Crippen molar-refractivity contribution in [1.82, 2.24) is 9.88 Å². The first-order valence-electron chi connectivity index (χ1n) is 5.64. The number of amides is 1. The summed E-state index contributed by atoms with van der Waals surface area (Å²) in [6.07, 6.45) is 1.03. The summed E-state index contributed by atoms with van der Waals surface area (Å²) in [6.45, 7) is 4.58. The van der Waals surface area contributed by atoms with Gasteiger partial charge in [0.05, 0.1) is 16.2 Å². The maximum Gasteiger partial charge on any atom is 0.288 e. The average molecular weight is 306 g/mol. The van der Waals surface area contributed by atoms with E-state index in [9.17, 15) is 14.9 Å². The van der Waals surface area contributed by atoms with Gasteiger partial charge in [0, 0.05) is 19.2 Å². The Labute approximate surface area is 120 Å². The lowest BCUT2D eigenvalue weighted by molar-refractivity contribution is -0.385. The van der Waals surface area contributed by atoms with Gasteiger partial charge in [0.25, 0.3) is 11.6 Å². The summed E-state index contributed by atoms with van der Waals surface area (Å²) in [5, 5.41) is 10.7. The Hall–Kier alpha value is -1.40. The molecule has 1 aromatic heterocycles. The third-order valence-corrected chi connectivity index (χ3v) is 3.02. The van der Waals surface area contributed by atoms with Crippen LogP contribution in [0.25, 0.3) is 0 Å². The molecule has 104 valence electrons. The molecule has 0 atom stereocenters. The predicted octanol–water partition coefficient (Wildman–Crippen LogP) is 2.95. The number of aromatic nitrogens is 1. The summed E-state index contributed by atoms with van der Waals surface area (Å²) in [6, 6.07) is 1.15. The minimum absolute atomic E-state index is 0.0629. The van der Waals surface area contributed by atoms with Gasteiger partial charge >= 0.3 is 0 Å². The van der Waals surface area contributed by atoms with Crippen LogP contribution in [0.5, 0.6) is 0 Å².